The van der Waals surface area contributed by atoms with Crippen molar-refractivity contribution in [1.82, 2.24) is 9.78 Å². The molecule has 0 amide bonds. The zero-order chi connectivity index (χ0) is 10.6. The van der Waals surface area contributed by atoms with E-state index in [0.29, 0.717) is 13.1 Å². The van der Waals surface area contributed by atoms with E-state index in [2.05, 4.69) is 5.10 Å². The van der Waals surface area contributed by atoms with Gasteiger partial charge in [0.1, 0.15) is 0 Å². The van der Waals surface area contributed by atoms with Crippen molar-refractivity contribution in [2.45, 2.75) is 12.7 Å². The molecule has 0 unspecified atom stereocenters. The lowest BCUT2D eigenvalue weighted by molar-refractivity contribution is -0.141. The summed E-state index contributed by atoms with van der Waals surface area (Å²) in [6.07, 6.45) is 0.231. The normalized spacial score (nSPS) is 12.6. The van der Waals surface area contributed by atoms with Crippen molar-refractivity contribution < 1.29 is 13.2 Å². The van der Waals surface area contributed by atoms with Gasteiger partial charge in [-0.2, -0.15) is 18.3 Å². The molecule has 0 bridgehead atoms. The molecule has 0 spiro atoms. The summed E-state index contributed by atoms with van der Waals surface area (Å²) in [7, 11) is 0. The molecule has 0 aliphatic rings. The third-order valence-electron chi connectivity index (χ3n) is 1.53. The smallest absolute Gasteiger partial charge is 0.327 e. The number of hydrogen-bond donors (Lipinski definition) is 1. The lowest BCUT2D eigenvalue weighted by atomic mass is 10.4. The van der Waals surface area contributed by atoms with Gasteiger partial charge in [0.25, 0.3) is 0 Å². The van der Waals surface area contributed by atoms with Crippen molar-refractivity contribution in [3.63, 3.8) is 0 Å². The Morgan fingerprint density at radius 3 is 2.64 bits per heavy atom. The molecule has 0 aliphatic heterocycles. The van der Waals surface area contributed by atoms with E-state index in [-0.39, 0.29) is 0 Å². The van der Waals surface area contributed by atoms with E-state index in [1.54, 1.807) is 12.2 Å². The second-order valence-corrected chi connectivity index (χ2v) is 2.63. The fraction of sp³-hybridized carbons (Fsp3) is 0.375. The van der Waals surface area contributed by atoms with E-state index < -0.39 is 11.9 Å². The highest BCUT2D eigenvalue weighted by Crippen LogP contribution is 2.27. The predicted octanol–water partition coefficient (Wildman–Crippen LogP) is 1.42. The topological polar surface area (TPSA) is 43.8 Å². The van der Waals surface area contributed by atoms with Gasteiger partial charge in [0.05, 0.1) is 6.54 Å². The van der Waals surface area contributed by atoms with Crippen LogP contribution in [0.1, 0.15) is 5.69 Å². The van der Waals surface area contributed by atoms with Gasteiger partial charge in [0, 0.05) is 12.7 Å². The Morgan fingerprint density at radius 2 is 2.14 bits per heavy atom. The first-order chi connectivity index (χ1) is 6.54. The lowest BCUT2D eigenvalue weighted by Crippen LogP contribution is -2.07. The van der Waals surface area contributed by atoms with Crippen LogP contribution in [0.5, 0.6) is 0 Å². The highest BCUT2D eigenvalue weighted by atomic mass is 19.4. The van der Waals surface area contributed by atoms with Crippen molar-refractivity contribution in [2.75, 3.05) is 6.54 Å². The van der Waals surface area contributed by atoms with E-state index in [1.807, 2.05) is 0 Å². The minimum Gasteiger partial charge on any atom is -0.327 e. The Bertz CT molecular complexity index is 314. The average Bonchev–Trinajstić information content (AvgIpc) is 2.52. The molecule has 14 heavy (non-hydrogen) atoms. The highest BCUT2D eigenvalue weighted by Gasteiger charge is 2.33. The van der Waals surface area contributed by atoms with Gasteiger partial charge in [0.15, 0.2) is 5.69 Å². The maximum Gasteiger partial charge on any atom is 0.435 e. The van der Waals surface area contributed by atoms with E-state index in [4.69, 9.17) is 5.73 Å². The van der Waals surface area contributed by atoms with Crippen LogP contribution in [0, 0.1) is 0 Å². The summed E-state index contributed by atoms with van der Waals surface area (Å²) in [5.41, 5.74) is 4.29. The minimum absolute atomic E-state index is 0.299. The zero-order valence-corrected chi connectivity index (χ0v) is 7.33. The molecular formula is C8H10F3N3. The number of allylic oxidation sites excluding steroid dienone is 1. The second-order valence-electron chi connectivity index (χ2n) is 2.63. The van der Waals surface area contributed by atoms with Crippen LogP contribution in [0.2, 0.25) is 0 Å². The Kier molecular flexibility index (Phi) is 3.29. The molecule has 0 saturated carbocycles. The number of aromatic nitrogens is 2. The molecule has 1 aromatic heterocycles. The molecule has 1 heterocycles. The number of rotatable bonds is 3. The Balaban J connectivity index is 2.64. The molecule has 1 rings (SSSR count). The van der Waals surface area contributed by atoms with Crippen molar-refractivity contribution >= 4 is 0 Å². The van der Waals surface area contributed by atoms with Gasteiger partial charge in [0.2, 0.25) is 0 Å². The third kappa shape index (κ3) is 2.88. The third-order valence-corrected chi connectivity index (χ3v) is 1.53. The van der Waals surface area contributed by atoms with Crippen LogP contribution < -0.4 is 5.73 Å². The maximum atomic E-state index is 12.1. The minimum atomic E-state index is -4.37. The van der Waals surface area contributed by atoms with Crippen LogP contribution in [0.3, 0.4) is 0 Å². The van der Waals surface area contributed by atoms with Crippen molar-refractivity contribution in [2.24, 2.45) is 5.73 Å². The fourth-order valence-electron chi connectivity index (χ4n) is 0.893. The highest BCUT2D eigenvalue weighted by molar-refractivity contribution is 5.03. The van der Waals surface area contributed by atoms with Crippen LogP contribution in [-0.2, 0) is 12.7 Å². The van der Waals surface area contributed by atoms with Gasteiger partial charge in [-0.15, -0.1) is 0 Å². The molecule has 0 radical (unpaired) electrons. The number of hydrogen-bond acceptors (Lipinski definition) is 2. The molecule has 0 aromatic carbocycles. The Labute approximate surface area is 79.0 Å². The van der Waals surface area contributed by atoms with E-state index in [9.17, 15) is 13.2 Å². The van der Waals surface area contributed by atoms with Crippen LogP contribution >= 0.6 is 0 Å². The number of nitrogens with zero attached hydrogens (tertiary/aromatic N) is 2. The van der Waals surface area contributed by atoms with Gasteiger partial charge in [-0.25, -0.2) is 0 Å². The average molecular weight is 205 g/mol. The van der Waals surface area contributed by atoms with Gasteiger partial charge < -0.3 is 5.73 Å². The first kappa shape index (κ1) is 10.8. The zero-order valence-electron chi connectivity index (χ0n) is 7.33. The maximum absolute atomic E-state index is 12.1. The first-order valence-electron chi connectivity index (χ1n) is 4.00. The van der Waals surface area contributed by atoms with Gasteiger partial charge >= 0.3 is 6.18 Å². The molecule has 6 heteroatoms. The first-order valence-corrected chi connectivity index (χ1v) is 4.00. The summed E-state index contributed by atoms with van der Waals surface area (Å²) in [6.45, 7) is 0.667. The monoisotopic (exact) mass is 205 g/mol. The molecule has 3 nitrogen and oxygen atoms in total. The quantitative estimate of drug-likeness (QED) is 0.758. The summed E-state index contributed by atoms with van der Waals surface area (Å²) in [5, 5.41) is 3.35. The molecule has 0 atom stereocenters. The predicted molar refractivity (Wildman–Crippen MR) is 45.4 cm³/mol. The Hall–Kier alpha value is -1.30. The molecule has 2 N–H and O–H groups in total. The standard InChI is InChI=1S/C8H10F3N3/c9-8(10,11)7-3-6-14(13-7)5-2-1-4-12/h1-3,6H,4-5,12H2. The van der Waals surface area contributed by atoms with Crippen LogP contribution in [0.4, 0.5) is 13.2 Å². The van der Waals surface area contributed by atoms with Crippen LogP contribution in [0.15, 0.2) is 24.4 Å². The lowest BCUT2D eigenvalue weighted by Gasteiger charge is -2.00. The second kappa shape index (κ2) is 4.28. The fourth-order valence-corrected chi connectivity index (χ4v) is 0.893. The molecule has 1 aromatic rings. The van der Waals surface area contributed by atoms with Gasteiger partial charge in [-0.1, -0.05) is 12.2 Å². The van der Waals surface area contributed by atoms with Crippen LogP contribution in [-0.4, -0.2) is 16.3 Å². The number of halogens is 3. The van der Waals surface area contributed by atoms with E-state index in [0.717, 1.165) is 6.07 Å². The van der Waals surface area contributed by atoms with Crippen molar-refractivity contribution in [3.8, 4) is 0 Å². The van der Waals surface area contributed by atoms with E-state index in [1.165, 1.54) is 10.9 Å². The van der Waals surface area contributed by atoms with Crippen LogP contribution in [0.25, 0.3) is 0 Å². The van der Waals surface area contributed by atoms with Crippen molar-refractivity contribution in [1.29, 1.82) is 0 Å². The summed E-state index contributed by atoms with van der Waals surface area (Å²) in [6, 6.07) is 0.941. The number of nitrogens with two attached hydrogens (primary N) is 1. The summed E-state index contributed by atoms with van der Waals surface area (Å²) in [4.78, 5) is 0. The van der Waals surface area contributed by atoms with Gasteiger partial charge in [-0.05, 0) is 6.07 Å². The van der Waals surface area contributed by atoms with E-state index >= 15 is 0 Å². The summed E-state index contributed by atoms with van der Waals surface area (Å²) >= 11 is 0. The summed E-state index contributed by atoms with van der Waals surface area (Å²) < 4.78 is 37.4. The molecule has 78 valence electrons. The Morgan fingerprint density at radius 1 is 1.43 bits per heavy atom. The van der Waals surface area contributed by atoms with Crippen molar-refractivity contribution in [3.05, 3.63) is 30.1 Å². The molecule has 0 aliphatic carbocycles. The SMILES string of the molecule is NCC=CCn1ccc(C(F)(F)F)n1. The molecule has 0 fully saturated rings. The van der Waals surface area contributed by atoms with Gasteiger partial charge in [-0.3, -0.25) is 4.68 Å². The molecule has 0 saturated heterocycles. The number of alkyl halides is 3. The largest absolute Gasteiger partial charge is 0.435 e. The summed E-state index contributed by atoms with van der Waals surface area (Å²) in [5.74, 6) is 0. The molecular weight excluding hydrogens is 195 g/mol.